The smallest absolute Gasteiger partial charge is 0.270 e. The minimum atomic E-state index is -0.148. The first-order valence-electron chi connectivity index (χ1n) is 6.40. The molecule has 1 aliphatic heterocycles. The van der Waals surface area contributed by atoms with E-state index in [4.69, 9.17) is 4.74 Å². The number of pyridine rings is 1. The molecule has 2 heterocycles. The molecule has 1 saturated heterocycles. The van der Waals surface area contributed by atoms with Gasteiger partial charge in [0.25, 0.3) is 5.91 Å². The highest BCUT2D eigenvalue weighted by Crippen LogP contribution is 2.11. The Morgan fingerprint density at radius 2 is 2.44 bits per heavy atom. The summed E-state index contributed by atoms with van der Waals surface area (Å²) in [5.74, 6) is 0.576. The third-order valence-corrected chi connectivity index (χ3v) is 2.85. The zero-order valence-electron chi connectivity index (χ0n) is 10.6. The first kappa shape index (κ1) is 12.8. The zero-order valence-corrected chi connectivity index (χ0v) is 10.6. The van der Waals surface area contributed by atoms with Crippen molar-refractivity contribution in [2.24, 2.45) is 0 Å². The lowest BCUT2D eigenvalue weighted by Gasteiger charge is -2.11. The van der Waals surface area contributed by atoms with Crippen LogP contribution >= 0.6 is 0 Å². The maximum absolute atomic E-state index is 11.9. The average Bonchev–Trinajstić information content (AvgIpc) is 2.90. The molecular formula is C13H19N3O2. The van der Waals surface area contributed by atoms with Gasteiger partial charge in [-0.1, -0.05) is 6.07 Å². The van der Waals surface area contributed by atoms with Crippen LogP contribution < -0.4 is 10.6 Å². The molecule has 0 aliphatic carbocycles. The molecule has 1 aromatic heterocycles. The van der Waals surface area contributed by atoms with Crippen LogP contribution in [0.5, 0.6) is 0 Å². The highest BCUT2D eigenvalue weighted by Gasteiger charge is 2.17. The number of nitrogens with one attached hydrogen (secondary N) is 2. The second-order valence-corrected chi connectivity index (χ2v) is 4.28. The predicted octanol–water partition coefficient (Wildman–Crippen LogP) is 1.42. The number of ether oxygens (including phenoxy) is 1. The number of rotatable bonds is 5. The van der Waals surface area contributed by atoms with Crippen molar-refractivity contribution in [3.05, 3.63) is 23.9 Å². The van der Waals surface area contributed by atoms with Crippen molar-refractivity contribution < 1.29 is 9.53 Å². The Kier molecular flexibility index (Phi) is 4.52. The van der Waals surface area contributed by atoms with Crippen molar-refractivity contribution in [2.75, 3.05) is 25.0 Å². The van der Waals surface area contributed by atoms with E-state index in [-0.39, 0.29) is 12.0 Å². The Bertz CT molecular complexity index is 403. The Hall–Kier alpha value is -1.62. The highest BCUT2D eigenvalue weighted by atomic mass is 16.5. The summed E-state index contributed by atoms with van der Waals surface area (Å²) in [4.78, 5) is 16.1. The lowest BCUT2D eigenvalue weighted by Crippen LogP contribution is -2.32. The maximum atomic E-state index is 11.9. The topological polar surface area (TPSA) is 63.2 Å². The van der Waals surface area contributed by atoms with E-state index in [1.54, 1.807) is 6.07 Å². The lowest BCUT2D eigenvalue weighted by molar-refractivity contribution is 0.0854. The van der Waals surface area contributed by atoms with E-state index in [2.05, 4.69) is 15.6 Å². The Morgan fingerprint density at radius 1 is 1.56 bits per heavy atom. The van der Waals surface area contributed by atoms with Crippen LogP contribution in [0.25, 0.3) is 0 Å². The van der Waals surface area contributed by atoms with Crippen molar-refractivity contribution in [1.82, 2.24) is 10.3 Å². The molecule has 18 heavy (non-hydrogen) atoms. The van der Waals surface area contributed by atoms with Gasteiger partial charge in [0.1, 0.15) is 11.5 Å². The molecule has 1 unspecified atom stereocenters. The van der Waals surface area contributed by atoms with Gasteiger partial charge < -0.3 is 15.4 Å². The summed E-state index contributed by atoms with van der Waals surface area (Å²) >= 11 is 0. The average molecular weight is 249 g/mol. The minimum Gasteiger partial charge on any atom is -0.376 e. The van der Waals surface area contributed by atoms with E-state index in [0.29, 0.717) is 12.2 Å². The number of carbonyl (C=O) groups is 1. The van der Waals surface area contributed by atoms with Gasteiger partial charge in [-0.3, -0.25) is 4.79 Å². The van der Waals surface area contributed by atoms with Gasteiger partial charge in [0.2, 0.25) is 0 Å². The highest BCUT2D eigenvalue weighted by molar-refractivity contribution is 5.92. The number of hydrogen-bond acceptors (Lipinski definition) is 4. The van der Waals surface area contributed by atoms with Gasteiger partial charge in [-0.15, -0.1) is 0 Å². The number of nitrogens with zero attached hydrogens (tertiary/aromatic N) is 1. The molecule has 0 bridgehead atoms. The van der Waals surface area contributed by atoms with Crippen LogP contribution in [0.3, 0.4) is 0 Å². The summed E-state index contributed by atoms with van der Waals surface area (Å²) in [7, 11) is 0. The Labute approximate surface area is 107 Å². The standard InChI is InChI=1S/C13H19N3O2/c1-2-14-12-7-3-6-11(16-12)13(17)15-9-10-5-4-8-18-10/h3,6-7,10H,2,4-5,8-9H2,1H3,(H,14,16)(H,15,17). The van der Waals surface area contributed by atoms with Gasteiger partial charge in [-0.2, -0.15) is 0 Å². The summed E-state index contributed by atoms with van der Waals surface area (Å²) in [5.41, 5.74) is 0.437. The Balaban J connectivity index is 1.89. The summed E-state index contributed by atoms with van der Waals surface area (Å²) in [6, 6.07) is 5.39. The fraction of sp³-hybridized carbons (Fsp3) is 0.538. The molecule has 1 amide bonds. The quantitative estimate of drug-likeness (QED) is 0.828. The van der Waals surface area contributed by atoms with Gasteiger partial charge in [0.05, 0.1) is 6.10 Å². The van der Waals surface area contributed by atoms with Crippen LogP contribution in [0.1, 0.15) is 30.3 Å². The molecule has 0 spiro atoms. The largest absolute Gasteiger partial charge is 0.376 e. The SMILES string of the molecule is CCNc1cccc(C(=O)NCC2CCCO2)n1. The molecule has 0 radical (unpaired) electrons. The molecule has 5 heteroatoms. The van der Waals surface area contributed by atoms with Crippen LogP contribution in [0, 0.1) is 0 Å². The van der Waals surface area contributed by atoms with Crippen molar-refractivity contribution in [3.8, 4) is 0 Å². The summed E-state index contributed by atoms with van der Waals surface area (Å²) in [6.07, 6.45) is 2.26. The van der Waals surface area contributed by atoms with Crippen molar-refractivity contribution in [3.63, 3.8) is 0 Å². The van der Waals surface area contributed by atoms with Crippen LogP contribution in [0.2, 0.25) is 0 Å². The molecule has 2 rings (SSSR count). The molecule has 5 nitrogen and oxygen atoms in total. The number of anilines is 1. The van der Waals surface area contributed by atoms with Crippen LogP contribution in [0.15, 0.2) is 18.2 Å². The van der Waals surface area contributed by atoms with E-state index in [1.807, 2.05) is 19.1 Å². The molecule has 1 atom stereocenters. The van der Waals surface area contributed by atoms with E-state index >= 15 is 0 Å². The lowest BCUT2D eigenvalue weighted by atomic mass is 10.2. The van der Waals surface area contributed by atoms with Gasteiger partial charge in [-0.25, -0.2) is 4.98 Å². The van der Waals surface area contributed by atoms with E-state index < -0.39 is 0 Å². The van der Waals surface area contributed by atoms with Crippen LogP contribution in [-0.2, 0) is 4.74 Å². The fourth-order valence-corrected chi connectivity index (χ4v) is 1.94. The molecule has 1 fully saturated rings. The molecule has 2 N–H and O–H groups in total. The van der Waals surface area contributed by atoms with Gasteiger partial charge in [-0.05, 0) is 31.9 Å². The van der Waals surface area contributed by atoms with E-state index in [9.17, 15) is 4.79 Å². The van der Waals surface area contributed by atoms with Crippen molar-refractivity contribution in [2.45, 2.75) is 25.9 Å². The van der Waals surface area contributed by atoms with Gasteiger partial charge in [0, 0.05) is 19.7 Å². The first-order chi connectivity index (χ1) is 8.79. The van der Waals surface area contributed by atoms with E-state index in [1.165, 1.54) is 0 Å². The maximum Gasteiger partial charge on any atom is 0.270 e. The number of amides is 1. The number of carbonyl (C=O) groups excluding carboxylic acids is 1. The van der Waals surface area contributed by atoms with Crippen molar-refractivity contribution in [1.29, 1.82) is 0 Å². The predicted molar refractivity (Wildman–Crippen MR) is 69.7 cm³/mol. The van der Waals surface area contributed by atoms with Crippen LogP contribution in [0.4, 0.5) is 5.82 Å². The third-order valence-electron chi connectivity index (χ3n) is 2.85. The molecule has 0 aromatic carbocycles. The molecule has 98 valence electrons. The Morgan fingerprint density at radius 3 is 3.17 bits per heavy atom. The minimum absolute atomic E-state index is 0.148. The summed E-state index contributed by atoms with van der Waals surface area (Å²) < 4.78 is 5.45. The molecule has 0 saturated carbocycles. The molecule has 1 aromatic rings. The second-order valence-electron chi connectivity index (χ2n) is 4.28. The van der Waals surface area contributed by atoms with Crippen LogP contribution in [-0.4, -0.2) is 36.7 Å². The fourth-order valence-electron chi connectivity index (χ4n) is 1.94. The summed E-state index contributed by atoms with van der Waals surface area (Å²) in [6.45, 7) is 4.14. The normalized spacial score (nSPS) is 18.6. The van der Waals surface area contributed by atoms with Gasteiger partial charge in [0.15, 0.2) is 0 Å². The van der Waals surface area contributed by atoms with Gasteiger partial charge >= 0.3 is 0 Å². The molecule has 1 aliphatic rings. The van der Waals surface area contributed by atoms with E-state index in [0.717, 1.165) is 31.8 Å². The third kappa shape index (κ3) is 3.43. The monoisotopic (exact) mass is 249 g/mol. The summed E-state index contributed by atoms with van der Waals surface area (Å²) in [5, 5.41) is 5.94. The number of hydrogen-bond donors (Lipinski definition) is 2. The molecular weight excluding hydrogens is 230 g/mol. The second kappa shape index (κ2) is 6.35. The zero-order chi connectivity index (χ0) is 12.8. The number of aromatic nitrogens is 1. The first-order valence-corrected chi connectivity index (χ1v) is 6.40. The van der Waals surface area contributed by atoms with Crippen molar-refractivity contribution >= 4 is 11.7 Å².